The lowest BCUT2D eigenvalue weighted by Crippen LogP contribution is -2.35. The third-order valence-electron chi connectivity index (χ3n) is 4.84. The van der Waals surface area contributed by atoms with E-state index in [0.717, 1.165) is 19.3 Å². The maximum atomic E-state index is 12.7. The van der Waals surface area contributed by atoms with Crippen LogP contribution >= 0.6 is 0 Å². The maximum Gasteiger partial charge on any atom is 0.243 e. The first-order valence-electron chi connectivity index (χ1n) is 9.41. The largest absolute Gasteiger partial charge is 0.435 e. The molecule has 0 saturated carbocycles. The number of nitrogens with one attached hydrogen (secondary N) is 1. The quantitative estimate of drug-likeness (QED) is 0.641. The predicted octanol–water partition coefficient (Wildman–Crippen LogP) is 3.98. The zero-order chi connectivity index (χ0) is 20.3. The van der Waals surface area contributed by atoms with Gasteiger partial charge in [-0.15, -0.1) is 0 Å². The molecule has 1 aliphatic heterocycles. The highest BCUT2D eigenvalue weighted by atomic mass is 32.2. The van der Waals surface area contributed by atoms with Crippen LogP contribution in [0.5, 0.6) is 0 Å². The number of benzene rings is 2. The van der Waals surface area contributed by atoms with Gasteiger partial charge in [0.2, 0.25) is 15.9 Å². The number of piperidine rings is 1. The first kappa shape index (κ1) is 19.2. The first-order chi connectivity index (χ1) is 14.1. The van der Waals surface area contributed by atoms with Crippen molar-refractivity contribution in [3.8, 4) is 6.07 Å². The van der Waals surface area contributed by atoms with Crippen LogP contribution in [0, 0.1) is 11.3 Å². The molecule has 0 spiro atoms. The van der Waals surface area contributed by atoms with Gasteiger partial charge in [-0.2, -0.15) is 9.57 Å². The van der Waals surface area contributed by atoms with Crippen molar-refractivity contribution in [2.75, 3.05) is 18.4 Å². The van der Waals surface area contributed by atoms with Gasteiger partial charge in [-0.25, -0.2) is 13.4 Å². The molecule has 2 aromatic carbocycles. The number of sulfonamides is 1. The van der Waals surface area contributed by atoms with Crippen LogP contribution in [-0.4, -0.2) is 30.8 Å². The lowest BCUT2D eigenvalue weighted by Gasteiger charge is -2.25. The number of nitriles is 1. The van der Waals surface area contributed by atoms with Gasteiger partial charge in [0.05, 0.1) is 4.90 Å². The van der Waals surface area contributed by atoms with E-state index in [1.54, 1.807) is 34.6 Å². The van der Waals surface area contributed by atoms with Crippen LogP contribution in [0.4, 0.5) is 5.69 Å². The summed E-state index contributed by atoms with van der Waals surface area (Å²) >= 11 is 0. The van der Waals surface area contributed by atoms with Gasteiger partial charge in [-0.1, -0.05) is 18.6 Å². The summed E-state index contributed by atoms with van der Waals surface area (Å²) in [5, 5.41) is 12.4. The van der Waals surface area contributed by atoms with Crippen LogP contribution in [0.25, 0.3) is 16.7 Å². The number of fused-ring (bicyclic) bond motifs is 1. The van der Waals surface area contributed by atoms with Crippen LogP contribution in [-0.2, 0) is 10.0 Å². The number of nitrogens with zero attached hydrogens (tertiary/aromatic N) is 3. The fourth-order valence-corrected chi connectivity index (χ4v) is 4.78. The molecular weight excluding hydrogens is 388 g/mol. The van der Waals surface area contributed by atoms with Crippen LogP contribution < -0.4 is 5.32 Å². The number of rotatable bonds is 5. The number of anilines is 1. The maximum absolute atomic E-state index is 12.7. The Balaban J connectivity index is 1.51. The van der Waals surface area contributed by atoms with Crippen LogP contribution in [0.15, 0.2) is 64.0 Å². The van der Waals surface area contributed by atoms with Crippen LogP contribution in [0.2, 0.25) is 0 Å². The van der Waals surface area contributed by atoms with E-state index >= 15 is 0 Å². The molecule has 148 valence electrons. The van der Waals surface area contributed by atoms with Crippen molar-refractivity contribution in [3.63, 3.8) is 0 Å². The number of oxazole rings is 1. The Labute approximate surface area is 169 Å². The number of aromatic nitrogens is 1. The Bertz CT molecular complexity index is 1150. The average molecular weight is 408 g/mol. The lowest BCUT2D eigenvalue weighted by molar-refractivity contribution is 0.346. The highest BCUT2D eigenvalue weighted by Crippen LogP contribution is 2.23. The molecule has 1 saturated heterocycles. The molecular formula is C21H20N4O3S. The van der Waals surface area contributed by atoms with Crippen molar-refractivity contribution in [2.24, 2.45) is 0 Å². The van der Waals surface area contributed by atoms with Gasteiger partial charge in [0, 0.05) is 25.0 Å². The fourth-order valence-electron chi connectivity index (χ4n) is 3.26. The molecule has 0 unspecified atom stereocenters. The summed E-state index contributed by atoms with van der Waals surface area (Å²) < 4.78 is 32.6. The van der Waals surface area contributed by atoms with Gasteiger partial charge in [0.1, 0.15) is 17.2 Å². The molecule has 1 fully saturated rings. The highest BCUT2D eigenvalue weighted by molar-refractivity contribution is 7.89. The van der Waals surface area contributed by atoms with Crippen LogP contribution in [0.3, 0.4) is 0 Å². The Morgan fingerprint density at radius 1 is 1.10 bits per heavy atom. The standard InChI is InChI=1S/C21H20N4O3S/c22-14-16(21-24-19-6-2-3-7-20(19)28-21)15-23-17-8-10-18(11-9-17)29(26,27)25-12-4-1-5-13-25/h2-3,6-11,15,23H,1,4-5,12-13H2. The summed E-state index contributed by atoms with van der Waals surface area (Å²) in [5.74, 6) is 0.227. The van der Waals surface area contributed by atoms with Gasteiger partial charge in [-0.05, 0) is 49.2 Å². The van der Waals surface area contributed by atoms with E-state index in [0.29, 0.717) is 29.9 Å². The molecule has 2 heterocycles. The Kier molecular flexibility index (Phi) is 5.34. The van der Waals surface area contributed by atoms with Crippen LogP contribution in [0.1, 0.15) is 25.2 Å². The van der Waals surface area contributed by atoms with E-state index < -0.39 is 10.0 Å². The second-order valence-corrected chi connectivity index (χ2v) is 8.73. The van der Waals surface area contributed by atoms with Gasteiger partial charge >= 0.3 is 0 Å². The van der Waals surface area contributed by atoms with Crippen molar-refractivity contribution in [1.82, 2.24) is 9.29 Å². The minimum atomic E-state index is -3.46. The number of hydrogen-bond acceptors (Lipinski definition) is 6. The molecule has 0 radical (unpaired) electrons. The molecule has 0 bridgehead atoms. The minimum Gasteiger partial charge on any atom is -0.435 e. The van der Waals surface area contributed by atoms with E-state index in [2.05, 4.69) is 16.4 Å². The highest BCUT2D eigenvalue weighted by Gasteiger charge is 2.25. The van der Waals surface area contributed by atoms with Gasteiger partial charge in [-0.3, -0.25) is 0 Å². The fraction of sp³-hybridized carbons (Fsp3) is 0.238. The van der Waals surface area contributed by atoms with E-state index in [1.165, 1.54) is 6.20 Å². The van der Waals surface area contributed by atoms with E-state index in [1.807, 2.05) is 18.2 Å². The van der Waals surface area contributed by atoms with E-state index in [-0.39, 0.29) is 16.4 Å². The number of para-hydroxylation sites is 2. The monoisotopic (exact) mass is 408 g/mol. The van der Waals surface area contributed by atoms with Gasteiger partial charge < -0.3 is 9.73 Å². The van der Waals surface area contributed by atoms with Crippen molar-refractivity contribution in [1.29, 1.82) is 5.26 Å². The third kappa shape index (κ3) is 4.01. The Morgan fingerprint density at radius 3 is 2.52 bits per heavy atom. The molecule has 0 atom stereocenters. The van der Waals surface area contributed by atoms with Crippen molar-refractivity contribution in [3.05, 3.63) is 60.6 Å². The summed E-state index contributed by atoms with van der Waals surface area (Å²) in [5.41, 5.74) is 2.18. The molecule has 0 amide bonds. The normalized spacial score (nSPS) is 15.9. The van der Waals surface area contributed by atoms with Crippen molar-refractivity contribution in [2.45, 2.75) is 24.2 Å². The van der Waals surface area contributed by atoms with E-state index in [9.17, 15) is 13.7 Å². The minimum absolute atomic E-state index is 0.227. The lowest BCUT2D eigenvalue weighted by atomic mass is 10.2. The smallest absolute Gasteiger partial charge is 0.243 e. The van der Waals surface area contributed by atoms with E-state index in [4.69, 9.17) is 4.42 Å². The molecule has 1 aromatic heterocycles. The Morgan fingerprint density at radius 2 is 1.83 bits per heavy atom. The number of allylic oxidation sites excluding steroid dienone is 1. The summed E-state index contributed by atoms with van der Waals surface area (Å²) in [4.78, 5) is 4.58. The van der Waals surface area contributed by atoms with Crippen molar-refractivity contribution >= 4 is 32.4 Å². The second-order valence-electron chi connectivity index (χ2n) is 6.79. The zero-order valence-corrected chi connectivity index (χ0v) is 16.5. The van der Waals surface area contributed by atoms with Gasteiger partial charge in [0.15, 0.2) is 5.58 Å². The summed E-state index contributed by atoms with van der Waals surface area (Å²) in [6.45, 7) is 1.14. The average Bonchev–Trinajstić information content (AvgIpc) is 3.19. The SMILES string of the molecule is N#CC(=CNc1ccc(S(=O)(=O)N2CCCCC2)cc1)c1nc2ccccc2o1. The molecule has 1 N–H and O–H groups in total. The van der Waals surface area contributed by atoms with Gasteiger partial charge in [0.25, 0.3) is 0 Å². The number of hydrogen-bond donors (Lipinski definition) is 1. The summed E-state index contributed by atoms with van der Waals surface area (Å²) in [6.07, 6.45) is 4.37. The molecule has 1 aliphatic rings. The molecule has 0 aliphatic carbocycles. The predicted molar refractivity (Wildman–Crippen MR) is 110 cm³/mol. The third-order valence-corrected chi connectivity index (χ3v) is 6.75. The molecule has 3 aromatic rings. The second kappa shape index (κ2) is 8.07. The first-order valence-corrected chi connectivity index (χ1v) is 10.8. The molecule has 8 heteroatoms. The summed E-state index contributed by atoms with van der Waals surface area (Å²) in [7, 11) is -3.46. The summed E-state index contributed by atoms with van der Waals surface area (Å²) in [6, 6.07) is 15.9. The topological polar surface area (TPSA) is 99.2 Å². The van der Waals surface area contributed by atoms with Crippen molar-refractivity contribution < 1.29 is 12.8 Å². The molecule has 4 rings (SSSR count). The zero-order valence-electron chi connectivity index (χ0n) is 15.7. The molecule has 29 heavy (non-hydrogen) atoms. The Hall–Kier alpha value is -3.15. The molecule has 7 nitrogen and oxygen atoms in total.